The van der Waals surface area contributed by atoms with E-state index in [1.165, 1.54) is 65.0 Å². The summed E-state index contributed by atoms with van der Waals surface area (Å²) in [5.74, 6) is 0. The number of likely N-dealkylation sites (tertiary alicyclic amines) is 1. The topological polar surface area (TPSA) is 18.5 Å². The highest BCUT2D eigenvalue weighted by Gasteiger charge is 2.11. The maximum Gasteiger partial charge on any atom is 0.0107 e. The molecule has 0 amide bonds. The first-order valence-corrected chi connectivity index (χ1v) is 6.96. The third-order valence-corrected chi connectivity index (χ3v) is 3.37. The van der Waals surface area contributed by atoms with Crippen molar-refractivity contribution in [3.63, 3.8) is 0 Å². The molecule has 1 fully saturated rings. The van der Waals surface area contributed by atoms with Crippen LogP contribution in [0.5, 0.6) is 0 Å². The number of hydrogen-bond acceptors (Lipinski definition) is 3. The summed E-state index contributed by atoms with van der Waals surface area (Å²) in [5.41, 5.74) is 0. The fraction of sp³-hybridized carbons (Fsp3) is 1.00. The van der Waals surface area contributed by atoms with Gasteiger partial charge in [0.2, 0.25) is 0 Å². The summed E-state index contributed by atoms with van der Waals surface area (Å²) in [6.45, 7) is 11.1. The number of hydrogen-bond donors (Lipinski definition) is 1. The Labute approximate surface area is 101 Å². The summed E-state index contributed by atoms with van der Waals surface area (Å²) >= 11 is 0. The fourth-order valence-corrected chi connectivity index (χ4v) is 2.45. The van der Waals surface area contributed by atoms with Crippen molar-refractivity contribution in [2.45, 2.75) is 32.6 Å². The normalized spacial score (nSPS) is 17.4. The lowest BCUT2D eigenvalue weighted by molar-refractivity contribution is 0.246. The molecule has 1 saturated heterocycles. The monoisotopic (exact) mass is 227 g/mol. The predicted octanol–water partition coefficient (Wildman–Crippen LogP) is 1.40. The minimum atomic E-state index is 1.11. The number of rotatable bonds is 9. The van der Waals surface area contributed by atoms with Gasteiger partial charge in [0.1, 0.15) is 0 Å². The highest BCUT2D eigenvalue weighted by Crippen LogP contribution is 2.07. The second-order valence-corrected chi connectivity index (χ2v) is 4.85. The lowest BCUT2D eigenvalue weighted by atomic mass is 10.3. The van der Waals surface area contributed by atoms with E-state index < -0.39 is 0 Å². The van der Waals surface area contributed by atoms with E-state index in [4.69, 9.17) is 0 Å². The molecule has 3 heteroatoms. The van der Waals surface area contributed by atoms with Gasteiger partial charge in [0, 0.05) is 13.1 Å². The van der Waals surface area contributed by atoms with Gasteiger partial charge in [0.15, 0.2) is 0 Å². The van der Waals surface area contributed by atoms with Crippen molar-refractivity contribution in [1.82, 2.24) is 15.1 Å². The first-order valence-electron chi connectivity index (χ1n) is 6.96. The fourth-order valence-electron chi connectivity index (χ4n) is 2.45. The van der Waals surface area contributed by atoms with E-state index in [0.29, 0.717) is 0 Å². The zero-order valence-corrected chi connectivity index (χ0v) is 11.2. The Morgan fingerprint density at radius 3 is 2.50 bits per heavy atom. The van der Waals surface area contributed by atoms with E-state index >= 15 is 0 Å². The molecule has 0 radical (unpaired) electrons. The first kappa shape index (κ1) is 13.9. The lowest BCUT2D eigenvalue weighted by Gasteiger charge is -2.23. The zero-order valence-electron chi connectivity index (χ0n) is 11.2. The van der Waals surface area contributed by atoms with Crippen LogP contribution < -0.4 is 5.32 Å². The average Bonchev–Trinajstić information content (AvgIpc) is 2.79. The molecule has 0 aromatic rings. The summed E-state index contributed by atoms with van der Waals surface area (Å²) in [6, 6.07) is 0. The molecule has 16 heavy (non-hydrogen) atoms. The van der Waals surface area contributed by atoms with Gasteiger partial charge in [-0.2, -0.15) is 0 Å². The van der Waals surface area contributed by atoms with Crippen molar-refractivity contribution in [2.75, 3.05) is 52.9 Å². The Morgan fingerprint density at radius 1 is 1.12 bits per heavy atom. The third kappa shape index (κ3) is 5.83. The molecule has 0 bridgehead atoms. The lowest BCUT2D eigenvalue weighted by Crippen LogP contribution is -2.34. The SMILES string of the molecule is CCCN(CCCN1CCCC1)CCNC. The van der Waals surface area contributed by atoms with Crippen LogP contribution in [0.25, 0.3) is 0 Å². The zero-order chi connectivity index (χ0) is 11.6. The standard InChI is InChI=1S/C13H29N3/c1-3-8-15(13-7-14-2)11-6-12-16-9-4-5-10-16/h14H,3-13H2,1-2H3. The number of nitrogens with one attached hydrogen (secondary N) is 1. The van der Waals surface area contributed by atoms with Crippen LogP contribution in [0, 0.1) is 0 Å². The maximum absolute atomic E-state index is 3.24. The molecule has 0 aliphatic carbocycles. The van der Waals surface area contributed by atoms with Gasteiger partial charge in [-0.15, -0.1) is 0 Å². The van der Waals surface area contributed by atoms with Gasteiger partial charge in [-0.1, -0.05) is 6.92 Å². The average molecular weight is 227 g/mol. The smallest absolute Gasteiger partial charge is 0.0107 e. The second kappa shape index (κ2) is 8.97. The summed E-state index contributed by atoms with van der Waals surface area (Å²) in [4.78, 5) is 5.20. The van der Waals surface area contributed by atoms with Crippen LogP contribution in [0.3, 0.4) is 0 Å². The Bertz CT molecular complexity index is 155. The van der Waals surface area contributed by atoms with Gasteiger partial charge in [-0.25, -0.2) is 0 Å². The quantitative estimate of drug-likeness (QED) is 0.642. The van der Waals surface area contributed by atoms with Crippen LogP contribution in [0.1, 0.15) is 32.6 Å². The molecule has 1 N–H and O–H groups in total. The molecule has 0 atom stereocenters. The van der Waals surface area contributed by atoms with Crippen LogP contribution in [-0.2, 0) is 0 Å². The molecule has 1 rings (SSSR count). The van der Waals surface area contributed by atoms with Gasteiger partial charge < -0.3 is 15.1 Å². The van der Waals surface area contributed by atoms with E-state index in [2.05, 4.69) is 22.0 Å². The highest BCUT2D eigenvalue weighted by molar-refractivity contribution is 4.67. The van der Waals surface area contributed by atoms with Crippen molar-refractivity contribution in [1.29, 1.82) is 0 Å². The van der Waals surface area contributed by atoms with Crippen LogP contribution in [0.4, 0.5) is 0 Å². The summed E-state index contributed by atoms with van der Waals surface area (Å²) < 4.78 is 0. The maximum atomic E-state index is 3.24. The summed E-state index contributed by atoms with van der Waals surface area (Å²) in [7, 11) is 2.04. The van der Waals surface area contributed by atoms with E-state index in [9.17, 15) is 0 Å². The Hall–Kier alpha value is -0.120. The molecule has 0 aromatic heterocycles. The first-order chi connectivity index (χ1) is 7.86. The Kier molecular flexibility index (Phi) is 7.81. The molecule has 0 spiro atoms. The molecule has 0 unspecified atom stereocenters. The van der Waals surface area contributed by atoms with Crippen LogP contribution in [0.15, 0.2) is 0 Å². The summed E-state index contributed by atoms with van der Waals surface area (Å²) in [6.07, 6.45) is 5.44. The van der Waals surface area contributed by atoms with Gasteiger partial charge >= 0.3 is 0 Å². The molecule has 1 heterocycles. The van der Waals surface area contributed by atoms with Gasteiger partial charge in [-0.3, -0.25) is 0 Å². The number of nitrogens with zero attached hydrogens (tertiary/aromatic N) is 2. The van der Waals surface area contributed by atoms with Crippen LogP contribution >= 0.6 is 0 Å². The predicted molar refractivity (Wildman–Crippen MR) is 70.9 cm³/mol. The molecule has 0 aromatic carbocycles. The molecular weight excluding hydrogens is 198 g/mol. The van der Waals surface area contributed by atoms with Gasteiger partial charge in [0.25, 0.3) is 0 Å². The second-order valence-electron chi connectivity index (χ2n) is 4.85. The Morgan fingerprint density at radius 2 is 1.88 bits per heavy atom. The van der Waals surface area contributed by atoms with Crippen molar-refractivity contribution in [3.8, 4) is 0 Å². The van der Waals surface area contributed by atoms with Crippen molar-refractivity contribution < 1.29 is 0 Å². The molecule has 1 aliphatic heterocycles. The van der Waals surface area contributed by atoms with Crippen LogP contribution in [-0.4, -0.2) is 62.7 Å². The third-order valence-electron chi connectivity index (χ3n) is 3.37. The van der Waals surface area contributed by atoms with E-state index in [0.717, 1.165) is 6.54 Å². The van der Waals surface area contributed by atoms with Gasteiger partial charge in [-0.05, 0) is 65.5 Å². The van der Waals surface area contributed by atoms with Crippen molar-refractivity contribution in [3.05, 3.63) is 0 Å². The molecular formula is C13H29N3. The molecule has 1 aliphatic rings. The van der Waals surface area contributed by atoms with E-state index in [-0.39, 0.29) is 0 Å². The van der Waals surface area contributed by atoms with Gasteiger partial charge in [0.05, 0.1) is 0 Å². The molecule has 0 saturated carbocycles. The van der Waals surface area contributed by atoms with E-state index in [1.807, 2.05) is 7.05 Å². The highest BCUT2D eigenvalue weighted by atomic mass is 15.2. The van der Waals surface area contributed by atoms with Crippen LogP contribution in [0.2, 0.25) is 0 Å². The van der Waals surface area contributed by atoms with Crippen molar-refractivity contribution >= 4 is 0 Å². The largest absolute Gasteiger partial charge is 0.318 e. The van der Waals surface area contributed by atoms with Crippen molar-refractivity contribution in [2.24, 2.45) is 0 Å². The molecule has 96 valence electrons. The Balaban J connectivity index is 2.05. The minimum absolute atomic E-state index is 1.11. The summed E-state index contributed by atoms with van der Waals surface area (Å²) in [5, 5.41) is 3.24. The van der Waals surface area contributed by atoms with E-state index in [1.54, 1.807) is 0 Å². The molecule has 3 nitrogen and oxygen atoms in total. The minimum Gasteiger partial charge on any atom is -0.318 e. The number of likely N-dealkylation sites (N-methyl/N-ethyl adjacent to an activating group) is 1.